The van der Waals surface area contributed by atoms with E-state index in [-0.39, 0.29) is 41.9 Å². The number of para-hydroxylation sites is 1. The van der Waals surface area contributed by atoms with Crippen LogP contribution in [0.3, 0.4) is 0 Å². The second-order valence-corrected chi connectivity index (χ2v) is 11.6. The summed E-state index contributed by atoms with van der Waals surface area (Å²) >= 11 is 0. The third-order valence-electron chi connectivity index (χ3n) is 8.62. The van der Waals surface area contributed by atoms with Crippen molar-refractivity contribution in [3.8, 4) is 0 Å². The van der Waals surface area contributed by atoms with Gasteiger partial charge in [-0.1, -0.05) is 32.0 Å². The van der Waals surface area contributed by atoms with Gasteiger partial charge in [0.1, 0.15) is 6.04 Å². The van der Waals surface area contributed by atoms with Crippen molar-refractivity contribution in [3.63, 3.8) is 0 Å². The topological polar surface area (TPSA) is 95.5 Å². The van der Waals surface area contributed by atoms with Crippen molar-refractivity contribution in [2.75, 3.05) is 16.3 Å². The van der Waals surface area contributed by atoms with Gasteiger partial charge >= 0.3 is 6.18 Å². The standard InChI is InChI=1S/C34H32F3N5O3/c1-3-20(2)31(43)40-28-19-42(32(44)22-12-14-38-15-13-22)30-16-23(34(35,36)37)10-11-29(30)41(33(28)45)18-26-24-6-4-5-7-27(24)39-17-25(26)21-8-9-21/h4-7,10-17,20-21,28H,3,8-9,18-19H2,1-2H3,(H,40,43)/t20-,28+/m1/s1. The molecule has 1 aliphatic carbocycles. The highest BCUT2D eigenvalue weighted by molar-refractivity contribution is 6.13. The van der Waals surface area contributed by atoms with E-state index < -0.39 is 35.5 Å². The van der Waals surface area contributed by atoms with Crippen molar-refractivity contribution < 1.29 is 27.6 Å². The van der Waals surface area contributed by atoms with Gasteiger partial charge in [0.25, 0.3) is 11.8 Å². The number of rotatable bonds is 7. The summed E-state index contributed by atoms with van der Waals surface area (Å²) in [4.78, 5) is 52.7. The lowest BCUT2D eigenvalue weighted by atomic mass is 9.99. The van der Waals surface area contributed by atoms with Crippen LogP contribution in [0.15, 0.2) is 73.2 Å². The molecule has 8 nitrogen and oxygen atoms in total. The van der Waals surface area contributed by atoms with E-state index in [9.17, 15) is 27.6 Å². The smallest absolute Gasteiger partial charge is 0.342 e. The number of anilines is 2. The first kappa shape index (κ1) is 30.2. The molecule has 45 heavy (non-hydrogen) atoms. The normalized spacial score (nSPS) is 17.5. The molecular weight excluding hydrogens is 583 g/mol. The molecule has 3 amide bonds. The number of hydrogen-bond acceptors (Lipinski definition) is 5. The highest BCUT2D eigenvalue weighted by Crippen LogP contribution is 2.45. The van der Waals surface area contributed by atoms with E-state index in [2.05, 4.69) is 15.3 Å². The molecule has 6 rings (SSSR count). The van der Waals surface area contributed by atoms with Gasteiger partial charge in [0.2, 0.25) is 5.91 Å². The molecule has 0 unspecified atom stereocenters. The number of carbonyl (C=O) groups is 3. The summed E-state index contributed by atoms with van der Waals surface area (Å²) in [6, 6.07) is 12.3. The third kappa shape index (κ3) is 5.99. The summed E-state index contributed by atoms with van der Waals surface area (Å²) in [5.74, 6) is -1.70. The SMILES string of the molecule is CC[C@@H](C)C(=O)N[C@H]1CN(C(=O)c2ccncc2)c2cc(C(F)(F)F)ccc2N(Cc2c(C3CC3)cnc3ccccc23)C1=O. The maximum Gasteiger partial charge on any atom is 0.416 e. The quantitative estimate of drug-likeness (QED) is 0.265. The van der Waals surface area contributed by atoms with Crippen LogP contribution in [0.1, 0.15) is 66.1 Å². The Bertz CT molecular complexity index is 1770. The zero-order valence-corrected chi connectivity index (χ0v) is 24.8. The van der Waals surface area contributed by atoms with Crippen molar-refractivity contribution in [1.82, 2.24) is 15.3 Å². The Hall–Kier alpha value is -4.80. The first-order valence-electron chi connectivity index (χ1n) is 15.0. The van der Waals surface area contributed by atoms with Gasteiger partial charge in [-0.05, 0) is 72.7 Å². The highest BCUT2D eigenvalue weighted by atomic mass is 19.4. The van der Waals surface area contributed by atoms with Crippen LogP contribution in [0, 0.1) is 5.92 Å². The minimum absolute atomic E-state index is 0.0130. The number of benzene rings is 2. The van der Waals surface area contributed by atoms with Crippen LogP contribution in [0.5, 0.6) is 0 Å². The lowest BCUT2D eigenvalue weighted by Crippen LogP contribution is -2.53. The fourth-order valence-electron chi connectivity index (χ4n) is 5.72. The molecule has 1 N–H and O–H groups in total. The third-order valence-corrected chi connectivity index (χ3v) is 8.62. The number of halogens is 3. The van der Waals surface area contributed by atoms with Gasteiger partial charge in [-0.3, -0.25) is 24.4 Å². The minimum Gasteiger partial charge on any atom is -0.342 e. The van der Waals surface area contributed by atoms with E-state index in [1.807, 2.05) is 37.4 Å². The van der Waals surface area contributed by atoms with E-state index in [0.717, 1.165) is 51.9 Å². The second kappa shape index (κ2) is 11.9. The van der Waals surface area contributed by atoms with Crippen LogP contribution in [-0.4, -0.2) is 40.3 Å². The number of nitrogens with zero attached hydrogens (tertiary/aromatic N) is 4. The van der Waals surface area contributed by atoms with Crippen molar-refractivity contribution in [2.24, 2.45) is 5.92 Å². The predicted molar refractivity (Wildman–Crippen MR) is 164 cm³/mol. The Morgan fingerprint density at radius 2 is 1.78 bits per heavy atom. The molecule has 0 bridgehead atoms. The van der Waals surface area contributed by atoms with Crippen LogP contribution in [0.2, 0.25) is 0 Å². The summed E-state index contributed by atoms with van der Waals surface area (Å²) in [6.07, 6.45) is 2.37. The van der Waals surface area contributed by atoms with Crippen LogP contribution in [0.4, 0.5) is 24.5 Å². The number of nitrogens with one attached hydrogen (secondary N) is 1. The number of hydrogen-bond donors (Lipinski definition) is 1. The summed E-state index contributed by atoms with van der Waals surface area (Å²) < 4.78 is 42.2. The van der Waals surface area contributed by atoms with Gasteiger partial charge < -0.3 is 15.1 Å². The van der Waals surface area contributed by atoms with Gasteiger partial charge in [-0.15, -0.1) is 0 Å². The first-order chi connectivity index (χ1) is 21.6. The number of carbonyl (C=O) groups excluding carboxylic acids is 3. The van der Waals surface area contributed by atoms with E-state index >= 15 is 0 Å². The zero-order valence-electron chi connectivity index (χ0n) is 24.8. The molecule has 0 spiro atoms. The van der Waals surface area contributed by atoms with E-state index in [1.54, 1.807) is 6.92 Å². The van der Waals surface area contributed by atoms with Crippen molar-refractivity contribution >= 4 is 40.0 Å². The molecule has 232 valence electrons. The number of fused-ring (bicyclic) bond motifs is 2. The lowest BCUT2D eigenvalue weighted by Gasteiger charge is -2.28. The molecule has 0 radical (unpaired) electrons. The van der Waals surface area contributed by atoms with E-state index in [0.29, 0.717) is 6.42 Å². The molecule has 1 fully saturated rings. The van der Waals surface area contributed by atoms with Crippen LogP contribution >= 0.6 is 0 Å². The molecule has 2 aliphatic rings. The van der Waals surface area contributed by atoms with Crippen molar-refractivity contribution in [2.45, 2.75) is 57.8 Å². The first-order valence-corrected chi connectivity index (χ1v) is 15.0. The lowest BCUT2D eigenvalue weighted by molar-refractivity contribution is -0.137. The largest absolute Gasteiger partial charge is 0.416 e. The average Bonchev–Trinajstić information content (AvgIpc) is 3.90. The second-order valence-electron chi connectivity index (χ2n) is 11.6. The van der Waals surface area contributed by atoms with Gasteiger partial charge in [-0.25, -0.2) is 0 Å². The Kier molecular flexibility index (Phi) is 8.03. The van der Waals surface area contributed by atoms with E-state index in [4.69, 9.17) is 0 Å². The number of pyridine rings is 2. The average molecular weight is 616 g/mol. The van der Waals surface area contributed by atoms with Gasteiger partial charge in [0.15, 0.2) is 0 Å². The summed E-state index contributed by atoms with van der Waals surface area (Å²) in [5, 5.41) is 3.64. The minimum atomic E-state index is -4.70. The maximum atomic E-state index is 14.5. The van der Waals surface area contributed by atoms with Crippen molar-refractivity contribution in [3.05, 3.63) is 95.4 Å². The summed E-state index contributed by atoms with van der Waals surface area (Å²) in [5.41, 5.74) is 1.81. The number of amides is 3. The Morgan fingerprint density at radius 3 is 2.47 bits per heavy atom. The van der Waals surface area contributed by atoms with Crippen LogP contribution in [0.25, 0.3) is 10.9 Å². The molecule has 0 saturated heterocycles. The van der Waals surface area contributed by atoms with Gasteiger partial charge in [-0.2, -0.15) is 13.2 Å². The Labute approximate surface area is 258 Å². The molecule has 11 heteroatoms. The van der Waals surface area contributed by atoms with Gasteiger partial charge in [0.05, 0.1) is 35.5 Å². The maximum absolute atomic E-state index is 14.5. The Balaban J connectivity index is 1.54. The fourth-order valence-corrected chi connectivity index (χ4v) is 5.72. The molecule has 2 aromatic carbocycles. The highest BCUT2D eigenvalue weighted by Gasteiger charge is 2.41. The number of alkyl halides is 3. The predicted octanol–water partition coefficient (Wildman–Crippen LogP) is 6.25. The molecule has 3 heterocycles. The number of aromatic nitrogens is 2. The molecular formula is C34H32F3N5O3. The van der Waals surface area contributed by atoms with Crippen LogP contribution < -0.4 is 15.1 Å². The molecule has 2 aromatic heterocycles. The molecule has 1 aliphatic heterocycles. The molecule has 4 aromatic rings. The van der Waals surface area contributed by atoms with E-state index in [1.165, 1.54) is 35.5 Å². The van der Waals surface area contributed by atoms with Crippen LogP contribution in [-0.2, 0) is 22.3 Å². The van der Waals surface area contributed by atoms with Crippen molar-refractivity contribution in [1.29, 1.82) is 0 Å². The zero-order chi connectivity index (χ0) is 31.9. The monoisotopic (exact) mass is 615 g/mol. The Morgan fingerprint density at radius 1 is 1.04 bits per heavy atom. The molecule has 1 saturated carbocycles. The summed E-state index contributed by atoms with van der Waals surface area (Å²) in [7, 11) is 0. The van der Waals surface area contributed by atoms with Gasteiger partial charge in [0, 0.05) is 35.5 Å². The molecule has 2 atom stereocenters. The summed E-state index contributed by atoms with van der Waals surface area (Å²) in [6.45, 7) is 3.22. The fraction of sp³-hybridized carbons (Fsp3) is 0.324.